The molecule has 2 aliphatic rings. The minimum atomic E-state index is -1.18. The quantitative estimate of drug-likeness (QED) is 0.597. The molecule has 0 radical (unpaired) electrons. The van der Waals surface area contributed by atoms with Crippen LogP contribution in [-0.2, 0) is 19.1 Å². The molecule has 1 saturated heterocycles. The molecule has 1 unspecified atom stereocenters. The van der Waals surface area contributed by atoms with E-state index in [2.05, 4.69) is 5.32 Å². The van der Waals surface area contributed by atoms with Gasteiger partial charge in [-0.25, -0.2) is 4.79 Å². The molecule has 11 heteroatoms. The molecule has 1 fully saturated rings. The van der Waals surface area contributed by atoms with E-state index < -0.39 is 37.0 Å². The Morgan fingerprint density at radius 1 is 1.03 bits per heavy atom. The molecule has 2 aromatic carbocycles. The fraction of sp³-hybridized carbons (Fsp3) is 0.333. The first-order valence-electron chi connectivity index (χ1n) is 10.9. The molecule has 11 nitrogen and oxygen atoms in total. The monoisotopic (exact) mass is 483 g/mol. The smallest absolute Gasteiger partial charge is 0.329 e. The van der Waals surface area contributed by atoms with Gasteiger partial charge in [-0.1, -0.05) is 6.07 Å². The number of benzene rings is 2. The summed E-state index contributed by atoms with van der Waals surface area (Å²) in [5, 5.41) is 11.5. The summed E-state index contributed by atoms with van der Waals surface area (Å²) in [6.07, 6.45) is 0. The van der Waals surface area contributed by atoms with Gasteiger partial charge >= 0.3 is 5.97 Å². The Labute approximate surface area is 201 Å². The Hall–Kier alpha value is -4.12. The summed E-state index contributed by atoms with van der Waals surface area (Å²) in [5.74, 6) is -1.15. The van der Waals surface area contributed by atoms with Crippen molar-refractivity contribution in [1.82, 2.24) is 9.80 Å². The third kappa shape index (κ3) is 4.90. The van der Waals surface area contributed by atoms with Gasteiger partial charge in [0.1, 0.15) is 30.8 Å². The fourth-order valence-corrected chi connectivity index (χ4v) is 4.20. The van der Waals surface area contributed by atoms with Crippen LogP contribution in [0, 0.1) is 0 Å². The van der Waals surface area contributed by atoms with Crippen LogP contribution in [0.25, 0.3) is 11.1 Å². The lowest BCUT2D eigenvalue weighted by Gasteiger charge is -2.39. The van der Waals surface area contributed by atoms with Crippen molar-refractivity contribution in [2.75, 3.05) is 52.4 Å². The first-order valence-corrected chi connectivity index (χ1v) is 10.9. The van der Waals surface area contributed by atoms with Crippen molar-refractivity contribution in [3.05, 3.63) is 42.0 Å². The Kier molecular flexibility index (Phi) is 6.87. The molecule has 3 amide bonds. The second kappa shape index (κ2) is 10.0. The van der Waals surface area contributed by atoms with Crippen LogP contribution in [0.3, 0.4) is 0 Å². The number of aliphatic carboxylic acids is 1. The van der Waals surface area contributed by atoms with Crippen LogP contribution in [-0.4, -0.2) is 91.7 Å². The number of carbonyl (C=O) groups is 4. The van der Waals surface area contributed by atoms with E-state index in [4.69, 9.17) is 19.3 Å². The van der Waals surface area contributed by atoms with E-state index in [1.165, 1.54) is 9.80 Å². The first kappa shape index (κ1) is 24.0. The highest BCUT2D eigenvalue weighted by atomic mass is 16.5. The maximum absolute atomic E-state index is 13.5. The molecule has 2 aliphatic heterocycles. The topological polar surface area (TPSA) is 135 Å². The van der Waals surface area contributed by atoms with Crippen LogP contribution in [0.1, 0.15) is 10.4 Å². The summed E-state index contributed by atoms with van der Waals surface area (Å²) in [6.45, 7) is -0.671. The van der Waals surface area contributed by atoms with Crippen molar-refractivity contribution in [2.24, 2.45) is 0 Å². The van der Waals surface area contributed by atoms with Crippen molar-refractivity contribution < 1.29 is 38.5 Å². The summed E-state index contributed by atoms with van der Waals surface area (Å²) >= 11 is 0. The summed E-state index contributed by atoms with van der Waals surface area (Å²) in [7, 11) is 3.11. The molecule has 0 saturated carbocycles. The van der Waals surface area contributed by atoms with Crippen LogP contribution in [0.15, 0.2) is 36.4 Å². The van der Waals surface area contributed by atoms with Gasteiger partial charge in [-0.3, -0.25) is 14.4 Å². The Morgan fingerprint density at radius 3 is 2.54 bits per heavy atom. The first-order chi connectivity index (χ1) is 16.8. The number of hydrogen-bond acceptors (Lipinski definition) is 7. The molecule has 184 valence electrons. The predicted molar refractivity (Wildman–Crippen MR) is 123 cm³/mol. The van der Waals surface area contributed by atoms with E-state index in [0.717, 1.165) is 11.1 Å². The average Bonchev–Trinajstić information content (AvgIpc) is 2.97. The molecule has 1 atom stereocenters. The number of nitrogens with one attached hydrogen (secondary N) is 1. The van der Waals surface area contributed by atoms with E-state index >= 15 is 0 Å². The number of hydrogen-bond donors (Lipinski definition) is 2. The van der Waals surface area contributed by atoms with Crippen LogP contribution in [0.4, 0.5) is 5.69 Å². The number of anilines is 1. The summed E-state index contributed by atoms with van der Waals surface area (Å²) < 4.78 is 15.6. The van der Waals surface area contributed by atoms with Crippen LogP contribution in [0.2, 0.25) is 0 Å². The maximum Gasteiger partial charge on any atom is 0.329 e. The summed E-state index contributed by atoms with van der Waals surface area (Å²) in [6, 6.07) is 9.66. The Balaban J connectivity index is 1.57. The van der Waals surface area contributed by atoms with E-state index in [-0.39, 0.29) is 25.5 Å². The number of carboxylic acid groups (broad SMARTS) is 1. The highest BCUT2D eigenvalue weighted by Gasteiger charge is 2.40. The third-order valence-electron chi connectivity index (χ3n) is 5.98. The second-order valence-electron chi connectivity index (χ2n) is 8.06. The molecule has 0 bridgehead atoms. The summed E-state index contributed by atoms with van der Waals surface area (Å²) in [5.41, 5.74) is 2.20. The van der Waals surface area contributed by atoms with Crippen molar-refractivity contribution in [3.8, 4) is 22.6 Å². The van der Waals surface area contributed by atoms with Gasteiger partial charge in [0, 0.05) is 24.7 Å². The molecular formula is C24H25N3O8. The number of piperazine rings is 1. The van der Waals surface area contributed by atoms with Crippen LogP contribution >= 0.6 is 0 Å². The van der Waals surface area contributed by atoms with Gasteiger partial charge in [-0.15, -0.1) is 0 Å². The number of ether oxygens (including phenoxy) is 3. The zero-order valence-corrected chi connectivity index (χ0v) is 19.3. The molecule has 0 aromatic heterocycles. The van der Waals surface area contributed by atoms with Crippen LogP contribution < -0.4 is 14.8 Å². The zero-order chi connectivity index (χ0) is 25.1. The largest absolute Gasteiger partial charge is 0.497 e. The third-order valence-corrected chi connectivity index (χ3v) is 5.98. The van der Waals surface area contributed by atoms with Crippen molar-refractivity contribution >= 4 is 29.4 Å². The molecule has 2 N–H and O–H groups in total. The maximum atomic E-state index is 13.5. The number of carbonyl (C=O) groups excluding carboxylic acids is 3. The average molecular weight is 483 g/mol. The van der Waals surface area contributed by atoms with E-state index in [1.54, 1.807) is 44.6 Å². The minimum Gasteiger partial charge on any atom is -0.497 e. The molecule has 2 aromatic rings. The van der Waals surface area contributed by atoms with E-state index in [1.807, 2.05) is 6.07 Å². The van der Waals surface area contributed by atoms with Gasteiger partial charge < -0.3 is 34.4 Å². The predicted octanol–water partition coefficient (Wildman–Crippen LogP) is 1.08. The molecule has 0 aliphatic carbocycles. The number of nitrogens with zero attached hydrogens (tertiary/aromatic N) is 2. The van der Waals surface area contributed by atoms with Gasteiger partial charge in [0.05, 0.1) is 32.0 Å². The SMILES string of the molecule is COc1ccc(-c2ccc3c(c2)C(=O)N2CCN(C(=O)COCC(=O)O)CC2C(=O)N3)c(OC)c1. The number of carboxylic acids is 1. The summed E-state index contributed by atoms with van der Waals surface area (Å²) in [4.78, 5) is 52.3. The Morgan fingerprint density at radius 2 is 1.83 bits per heavy atom. The highest BCUT2D eigenvalue weighted by molar-refractivity contribution is 6.11. The molecule has 2 heterocycles. The molecule has 4 rings (SSSR count). The van der Waals surface area contributed by atoms with Gasteiger partial charge in [0.2, 0.25) is 11.8 Å². The standard InChI is InChI=1S/C24H25N3O8/c1-33-15-4-5-16(20(10-15)34-2)14-3-6-18-17(9-14)24(32)27-8-7-26(11-19(27)23(31)25-18)21(28)12-35-13-22(29)30/h3-6,9-10,19H,7-8,11-13H2,1-2H3,(H,25,31)(H,29,30). The van der Waals surface area contributed by atoms with Crippen molar-refractivity contribution in [3.63, 3.8) is 0 Å². The Bertz CT molecular complexity index is 1180. The van der Waals surface area contributed by atoms with Gasteiger partial charge in [0.25, 0.3) is 5.91 Å². The lowest BCUT2D eigenvalue weighted by atomic mass is 10.00. The molecule has 0 spiro atoms. The van der Waals surface area contributed by atoms with Crippen molar-refractivity contribution in [1.29, 1.82) is 0 Å². The number of methoxy groups -OCH3 is 2. The number of rotatable bonds is 7. The number of fused-ring (bicyclic) bond motifs is 2. The normalized spacial score (nSPS) is 17.1. The zero-order valence-electron chi connectivity index (χ0n) is 19.3. The highest BCUT2D eigenvalue weighted by Crippen LogP contribution is 2.36. The second-order valence-corrected chi connectivity index (χ2v) is 8.06. The van der Waals surface area contributed by atoms with Gasteiger partial charge in [-0.2, -0.15) is 0 Å². The van der Waals surface area contributed by atoms with Crippen LogP contribution in [0.5, 0.6) is 11.5 Å². The lowest BCUT2D eigenvalue weighted by Crippen LogP contribution is -2.60. The molecule has 35 heavy (non-hydrogen) atoms. The lowest BCUT2D eigenvalue weighted by molar-refractivity contribution is -0.147. The van der Waals surface area contributed by atoms with E-state index in [9.17, 15) is 19.2 Å². The number of amides is 3. The van der Waals surface area contributed by atoms with Gasteiger partial charge in [0.15, 0.2) is 0 Å². The van der Waals surface area contributed by atoms with Gasteiger partial charge in [-0.05, 0) is 29.8 Å². The van der Waals surface area contributed by atoms with Crippen molar-refractivity contribution in [2.45, 2.75) is 6.04 Å². The fourth-order valence-electron chi connectivity index (χ4n) is 4.20. The molecular weight excluding hydrogens is 458 g/mol. The minimum absolute atomic E-state index is 0.0139. The van der Waals surface area contributed by atoms with E-state index in [0.29, 0.717) is 22.7 Å².